The van der Waals surface area contributed by atoms with Gasteiger partial charge in [-0.2, -0.15) is 0 Å². The second kappa shape index (κ2) is 5.15. The minimum atomic E-state index is 0.488. The van der Waals surface area contributed by atoms with Gasteiger partial charge in [0, 0.05) is 31.6 Å². The molecule has 0 saturated carbocycles. The monoisotopic (exact) mass is 275 g/mol. The predicted octanol–water partition coefficient (Wildman–Crippen LogP) is 2.52. The Balaban J connectivity index is 1.89. The Morgan fingerprint density at radius 3 is 2.67 bits per heavy atom. The molecule has 2 saturated heterocycles. The zero-order valence-corrected chi connectivity index (χ0v) is 11.3. The summed E-state index contributed by atoms with van der Waals surface area (Å²) in [6.45, 7) is 8.15. The molecule has 0 bridgehead atoms. The average Bonchev–Trinajstić information content (AvgIpc) is 2.65. The third kappa shape index (κ3) is 2.95. The summed E-state index contributed by atoms with van der Waals surface area (Å²) < 4.78 is 5.47. The summed E-state index contributed by atoms with van der Waals surface area (Å²) in [7, 11) is 0. The smallest absolute Gasteiger partial charge is 0.0472 e. The first-order valence-electron chi connectivity index (χ1n) is 6.10. The third-order valence-corrected chi connectivity index (χ3v) is 5.09. The molecular formula is C12H22BrNO. The molecule has 1 unspecified atom stereocenters. The van der Waals surface area contributed by atoms with E-state index in [2.05, 4.69) is 27.8 Å². The van der Waals surface area contributed by atoms with Crippen LogP contribution in [0.15, 0.2) is 0 Å². The van der Waals surface area contributed by atoms with Crippen molar-refractivity contribution in [2.45, 2.75) is 26.2 Å². The van der Waals surface area contributed by atoms with Crippen LogP contribution in [0.1, 0.15) is 26.2 Å². The van der Waals surface area contributed by atoms with Gasteiger partial charge in [-0.05, 0) is 37.1 Å². The maximum atomic E-state index is 5.47. The van der Waals surface area contributed by atoms with E-state index in [4.69, 9.17) is 4.74 Å². The van der Waals surface area contributed by atoms with Crippen LogP contribution in [0.4, 0.5) is 0 Å². The molecule has 2 rings (SSSR count). The molecular weight excluding hydrogens is 254 g/mol. The maximum Gasteiger partial charge on any atom is 0.0472 e. The lowest BCUT2D eigenvalue weighted by atomic mass is 9.82. The van der Waals surface area contributed by atoms with Crippen LogP contribution in [0.2, 0.25) is 0 Å². The Morgan fingerprint density at radius 2 is 2.13 bits per heavy atom. The van der Waals surface area contributed by atoms with Crippen LogP contribution in [0, 0.1) is 11.3 Å². The second-order valence-corrected chi connectivity index (χ2v) is 5.94. The number of alkyl halides is 1. The highest BCUT2D eigenvalue weighted by molar-refractivity contribution is 9.09. The molecule has 0 aromatic carbocycles. The Morgan fingerprint density at radius 1 is 1.40 bits per heavy atom. The number of ether oxygens (including phenoxy) is 1. The van der Waals surface area contributed by atoms with E-state index in [1.54, 1.807) is 0 Å². The first-order valence-corrected chi connectivity index (χ1v) is 7.22. The van der Waals surface area contributed by atoms with Crippen molar-refractivity contribution in [3.63, 3.8) is 0 Å². The summed E-state index contributed by atoms with van der Waals surface area (Å²) in [5.41, 5.74) is 0.488. The highest BCUT2D eigenvalue weighted by atomic mass is 79.9. The third-order valence-electron chi connectivity index (χ3n) is 3.90. The van der Waals surface area contributed by atoms with E-state index in [1.807, 2.05) is 0 Å². The van der Waals surface area contributed by atoms with Gasteiger partial charge in [0.2, 0.25) is 0 Å². The molecule has 0 spiro atoms. The van der Waals surface area contributed by atoms with Crippen LogP contribution in [0.3, 0.4) is 0 Å². The number of halogens is 1. The highest BCUT2D eigenvalue weighted by Crippen LogP contribution is 2.34. The number of rotatable bonds is 3. The van der Waals surface area contributed by atoms with E-state index in [9.17, 15) is 0 Å². The van der Waals surface area contributed by atoms with Crippen molar-refractivity contribution in [2.24, 2.45) is 11.3 Å². The fraction of sp³-hybridized carbons (Fsp3) is 1.00. The van der Waals surface area contributed by atoms with Crippen LogP contribution < -0.4 is 0 Å². The topological polar surface area (TPSA) is 12.5 Å². The van der Waals surface area contributed by atoms with Gasteiger partial charge in [-0.3, -0.25) is 0 Å². The molecule has 0 aromatic rings. The van der Waals surface area contributed by atoms with Crippen LogP contribution >= 0.6 is 15.9 Å². The van der Waals surface area contributed by atoms with Crippen LogP contribution in [-0.2, 0) is 4.74 Å². The molecule has 2 nitrogen and oxygen atoms in total. The van der Waals surface area contributed by atoms with Gasteiger partial charge in [-0.25, -0.2) is 0 Å². The van der Waals surface area contributed by atoms with Gasteiger partial charge < -0.3 is 9.64 Å². The van der Waals surface area contributed by atoms with Crippen molar-refractivity contribution >= 4 is 15.9 Å². The van der Waals surface area contributed by atoms with Crippen molar-refractivity contribution in [1.29, 1.82) is 0 Å². The van der Waals surface area contributed by atoms with Gasteiger partial charge in [0.1, 0.15) is 0 Å². The van der Waals surface area contributed by atoms with E-state index in [1.165, 1.54) is 38.9 Å². The lowest BCUT2D eigenvalue weighted by Gasteiger charge is -2.38. The van der Waals surface area contributed by atoms with E-state index in [-0.39, 0.29) is 0 Å². The molecule has 0 aliphatic carbocycles. The number of nitrogens with zero attached hydrogens (tertiary/aromatic N) is 1. The average molecular weight is 276 g/mol. The van der Waals surface area contributed by atoms with Crippen LogP contribution in [0.5, 0.6) is 0 Å². The van der Waals surface area contributed by atoms with Crippen molar-refractivity contribution in [3.05, 3.63) is 0 Å². The summed E-state index contributed by atoms with van der Waals surface area (Å²) in [6, 6.07) is 0. The van der Waals surface area contributed by atoms with Crippen LogP contribution in [0.25, 0.3) is 0 Å². The van der Waals surface area contributed by atoms with Crippen LogP contribution in [-0.4, -0.2) is 43.1 Å². The Labute approximate surface area is 101 Å². The minimum Gasteiger partial charge on any atom is -0.381 e. The summed E-state index contributed by atoms with van der Waals surface area (Å²) in [5.74, 6) is 0.900. The molecule has 2 aliphatic heterocycles. The predicted molar refractivity (Wildman–Crippen MR) is 66.5 cm³/mol. The van der Waals surface area contributed by atoms with Gasteiger partial charge in [0.15, 0.2) is 0 Å². The first kappa shape index (κ1) is 11.9. The van der Waals surface area contributed by atoms with Gasteiger partial charge in [0.05, 0.1) is 0 Å². The molecule has 2 aliphatic rings. The molecule has 15 heavy (non-hydrogen) atoms. The summed E-state index contributed by atoms with van der Waals surface area (Å²) >= 11 is 3.71. The quantitative estimate of drug-likeness (QED) is 0.734. The summed E-state index contributed by atoms with van der Waals surface area (Å²) in [5, 5.41) is 1.13. The number of hydrogen-bond donors (Lipinski definition) is 0. The summed E-state index contributed by atoms with van der Waals surface area (Å²) in [4.78, 5) is 2.65. The molecule has 0 amide bonds. The van der Waals surface area contributed by atoms with E-state index < -0.39 is 0 Å². The largest absolute Gasteiger partial charge is 0.381 e. The molecule has 1 atom stereocenters. The molecule has 2 heterocycles. The van der Waals surface area contributed by atoms with Gasteiger partial charge in [-0.1, -0.05) is 22.9 Å². The molecule has 88 valence electrons. The highest BCUT2D eigenvalue weighted by Gasteiger charge is 2.34. The van der Waals surface area contributed by atoms with Gasteiger partial charge >= 0.3 is 0 Å². The lowest BCUT2D eigenvalue weighted by molar-refractivity contribution is 0.0112. The number of hydrogen-bond acceptors (Lipinski definition) is 2. The van der Waals surface area contributed by atoms with Crippen molar-refractivity contribution in [1.82, 2.24) is 4.90 Å². The van der Waals surface area contributed by atoms with E-state index >= 15 is 0 Å². The van der Waals surface area contributed by atoms with E-state index in [0.29, 0.717) is 5.41 Å². The normalized spacial score (nSPS) is 32.0. The van der Waals surface area contributed by atoms with Crippen molar-refractivity contribution in [3.8, 4) is 0 Å². The number of likely N-dealkylation sites (tertiary alicyclic amines) is 1. The molecule has 3 heteroatoms. The Kier molecular flexibility index (Phi) is 4.08. The fourth-order valence-electron chi connectivity index (χ4n) is 2.78. The molecule has 0 radical (unpaired) electrons. The zero-order valence-electron chi connectivity index (χ0n) is 9.67. The minimum absolute atomic E-state index is 0.488. The lowest BCUT2D eigenvalue weighted by Crippen LogP contribution is -2.41. The summed E-state index contributed by atoms with van der Waals surface area (Å²) in [6.07, 6.45) is 3.83. The van der Waals surface area contributed by atoms with Crippen molar-refractivity contribution in [2.75, 3.05) is 38.2 Å². The molecule has 0 aromatic heterocycles. The first-order chi connectivity index (χ1) is 7.24. The SMILES string of the molecule is CC1CCN(CC2(CBr)CCOCC2)C1. The standard InChI is InChI=1S/C12H22BrNO/c1-11-2-5-14(8-11)10-12(9-13)3-6-15-7-4-12/h11H,2-10H2,1H3. The maximum absolute atomic E-state index is 5.47. The van der Waals surface area contributed by atoms with Gasteiger partial charge in [0.25, 0.3) is 0 Å². The second-order valence-electron chi connectivity index (χ2n) is 5.37. The molecule has 2 fully saturated rings. The van der Waals surface area contributed by atoms with Crippen molar-refractivity contribution < 1.29 is 4.74 Å². The van der Waals surface area contributed by atoms with E-state index in [0.717, 1.165) is 24.5 Å². The van der Waals surface area contributed by atoms with Gasteiger partial charge in [-0.15, -0.1) is 0 Å². The Hall–Kier alpha value is 0.400. The molecule has 0 N–H and O–H groups in total. The Bertz CT molecular complexity index is 204. The zero-order chi connectivity index (χ0) is 10.7. The fourth-order valence-corrected chi connectivity index (χ4v) is 3.52.